The molecule has 2 N–H and O–H groups in total. The highest BCUT2D eigenvalue weighted by Crippen LogP contribution is 2.41. The molecule has 164 valence electrons. The molecule has 11 heteroatoms. The van der Waals surface area contributed by atoms with Gasteiger partial charge in [0.05, 0.1) is 18.1 Å². The van der Waals surface area contributed by atoms with Gasteiger partial charge in [-0.05, 0) is 32.9 Å². The minimum atomic E-state index is -1.33. The number of rotatable bonds is 6. The van der Waals surface area contributed by atoms with E-state index in [0.717, 1.165) is 0 Å². The molecule has 0 spiro atoms. The van der Waals surface area contributed by atoms with Crippen molar-refractivity contribution in [3.05, 3.63) is 24.2 Å². The molecule has 0 aromatic carbocycles. The number of carbonyl (C=O) groups is 1. The highest BCUT2D eigenvalue weighted by Gasteiger charge is 2.53. The number of hydrogen-bond donors (Lipinski definition) is 2. The predicted octanol–water partition coefficient (Wildman–Crippen LogP) is 1.06. The lowest BCUT2D eigenvalue weighted by Crippen LogP contribution is -2.44. The Bertz CT molecular complexity index is 929. The van der Waals surface area contributed by atoms with Gasteiger partial charge in [-0.1, -0.05) is 0 Å². The van der Waals surface area contributed by atoms with E-state index in [2.05, 4.69) is 15.1 Å². The first kappa shape index (κ1) is 21.9. The second-order valence-electron chi connectivity index (χ2n) is 7.84. The molecule has 0 saturated carbocycles. The zero-order valence-electron chi connectivity index (χ0n) is 17.6. The van der Waals surface area contributed by atoms with Gasteiger partial charge in [-0.2, -0.15) is 5.10 Å². The number of fused-ring (bicyclic) bond motifs is 1. The molecule has 30 heavy (non-hydrogen) atoms. The number of aliphatic hydroxyl groups excluding tert-OH is 2. The molecule has 4 atom stereocenters. The first-order chi connectivity index (χ1) is 14.1. The van der Waals surface area contributed by atoms with Crippen LogP contribution < -0.4 is 0 Å². The normalized spacial score (nSPS) is 26.6. The smallest absolute Gasteiger partial charge is 0.432 e. The van der Waals surface area contributed by atoms with Crippen LogP contribution in [0.5, 0.6) is 0 Å². The van der Waals surface area contributed by atoms with Crippen molar-refractivity contribution in [2.45, 2.75) is 50.8 Å². The van der Waals surface area contributed by atoms with Crippen molar-refractivity contribution in [1.29, 1.82) is 0 Å². The quantitative estimate of drug-likeness (QED) is 0.399. The van der Waals surface area contributed by atoms with Crippen LogP contribution in [0.25, 0.3) is 5.52 Å². The second kappa shape index (κ2) is 8.54. The number of aliphatic hydroxyl groups is 2. The summed E-state index contributed by atoms with van der Waals surface area (Å²) in [6.45, 7) is 4.66. The van der Waals surface area contributed by atoms with Crippen LogP contribution in [-0.2, 0) is 14.2 Å². The summed E-state index contributed by atoms with van der Waals surface area (Å²) in [5.74, 6) is 0.445. The first-order valence-corrected chi connectivity index (χ1v) is 9.53. The van der Waals surface area contributed by atoms with Crippen LogP contribution in [0, 0.1) is 0 Å². The van der Waals surface area contributed by atoms with E-state index < -0.39 is 30.1 Å². The standard InChI is InChI=1S/C19H27N5O6/c1-11(2)29-18(27)28-8-19(3)16(26)14(25)15(30-19)12-6-7-13-17(21-10-23(4)5)20-9-22-24(12)13/h6-7,9-11,14-16,25-26H,8H2,1-5H3/b21-10-/t14-,15-,16-,19+/m0/s1. The summed E-state index contributed by atoms with van der Waals surface area (Å²) < 4.78 is 17.5. The van der Waals surface area contributed by atoms with E-state index in [1.807, 2.05) is 14.1 Å². The minimum absolute atomic E-state index is 0.288. The Labute approximate surface area is 173 Å². The Kier molecular flexibility index (Phi) is 6.25. The van der Waals surface area contributed by atoms with Crippen LogP contribution in [0.3, 0.4) is 0 Å². The summed E-state index contributed by atoms with van der Waals surface area (Å²) in [5.41, 5.74) is -0.210. The summed E-state index contributed by atoms with van der Waals surface area (Å²) in [6, 6.07) is 3.48. The van der Waals surface area contributed by atoms with Gasteiger partial charge in [0.15, 0.2) is 5.82 Å². The molecule has 2 aromatic rings. The van der Waals surface area contributed by atoms with Crippen LogP contribution in [0.15, 0.2) is 23.5 Å². The van der Waals surface area contributed by atoms with E-state index >= 15 is 0 Å². The number of ether oxygens (including phenoxy) is 3. The third-order valence-corrected chi connectivity index (χ3v) is 4.63. The molecular weight excluding hydrogens is 394 g/mol. The molecule has 3 rings (SSSR count). The number of nitrogens with zero attached hydrogens (tertiary/aromatic N) is 5. The predicted molar refractivity (Wildman–Crippen MR) is 107 cm³/mol. The van der Waals surface area contributed by atoms with Gasteiger partial charge in [0.2, 0.25) is 0 Å². The van der Waals surface area contributed by atoms with Crippen molar-refractivity contribution in [1.82, 2.24) is 19.5 Å². The Balaban J connectivity index is 1.83. The van der Waals surface area contributed by atoms with E-state index in [-0.39, 0.29) is 12.7 Å². The number of hydrogen-bond acceptors (Lipinski definition) is 9. The molecule has 3 heterocycles. The van der Waals surface area contributed by atoms with Crippen molar-refractivity contribution in [2.75, 3.05) is 20.7 Å². The lowest BCUT2D eigenvalue weighted by Gasteiger charge is -2.26. The SMILES string of the molecule is CC(C)OC(=O)OC[C@@]1(C)O[C@@H](c2ccc3c(/N=C\N(C)C)ncnn23)[C@H](O)[C@@H]1O. The molecule has 1 aliphatic heterocycles. The fourth-order valence-corrected chi connectivity index (χ4v) is 3.17. The molecule has 1 aliphatic rings. The Hall–Kier alpha value is -2.76. The fourth-order valence-electron chi connectivity index (χ4n) is 3.17. The van der Waals surface area contributed by atoms with E-state index in [9.17, 15) is 15.0 Å². The highest BCUT2D eigenvalue weighted by atomic mass is 16.7. The average Bonchev–Trinajstić information content (AvgIpc) is 3.20. The Morgan fingerprint density at radius 2 is 2.17 bits per heavy atom. The van der Waals surface area contributed by atoms with Crippen molar-refractivity contribution in [3.8, 4) is 0 Å². The maximum atomic E-state index is 11.7. The van der Waals surface area contributed by atoms with Gasteiger partial charge in [-0.25, -0.2) is 19.3 Å². The van der Waals surface area contributed by atoms with E-state index in [1.54, 1.807) is 48.7 Å². The average molecular weight is 421 g/mol. The summed E-state index contributed by atoms with van der Waals surface area (Å²) in [6.07, 6.45) is -1.71. The lowest BCUT2D eigenvalue weighted by molar-refractivity contribution is -0.110. The highest BCUT2D eigenvalue weighted by molar-refractivity contribution is 5.70. The van der Waals surface area contributed by atoms with Crippen LogP contribution >= 0.6 is 0 Å². The maximum absolute atomic E-state index is 11.7. The molecule has 0 radical (unpaired) electrons. The Morgan fingerprint density at radius 3 is 2.83 bits per heavy atom. The number of aliphatic imine (C=N–C) groups is 1. The zero-order valence-corrected chi connectivity index (χ0v) is 17.6. The molecule has 0 aliphatic carbocycles. The van der Waals surface area contributed by atoms with E-state index in [1.165, 1.54) is 6.33 Å². The van der Waals surface area contributed by atoms with Gasteiger partial charge in [-0.3, -0.25) is 0 Å². The summed E-state index contributed by atoms with van der Waals surface area (Å²) in [7, 11) is 3.69. The topological polar surface area (TPSA) is 131 Å². The van der Waals surface area contributed by atoms with Gasteiger partial charge < -0.3 is 29.3 Å². The van der Waals surface area contributed by atoms with Crippen LogP contribution in [-0.4, -0.2) is 86.8 Å². The monoisotopic (exact) mass is 421 g/mol. The van der Waals surface area contributed by atoms with E-state index in [4.69, 9.17) is 14.2 Å². The zero-order chi connectivity index (χ0) is 22.1. The van der Waals surface area contributed by atoms with Crippen molar-refractivity contribution in [2.24, 2.45) is 4.99 Å². The maximum Gasteiger partial charge on any atom is 0.508 e. The van der Waals surface area contributed by atoms with Crippen molar-refractivity contribution >= 4 is 23.8 Å². The lowest BCUT2D eigenvalue weighted by atomic mass is 9.97. The van der Waals surface area contributed by atoms with Gasteiger partial charge in [0, 0.05) is 14.1 Å². The number of aromatic nitrogens is 3. The van der Waals surface area contributed by atoms with E-state index in [0.29, 0.717) is 17.0 Å². The molecule has 0 unspecified atom stereocenters. The summed E-state index contributed by atoms with van der Waals surface area (Å²) in [5, 5.41) is 25.4. The molecular formula is C19H27N5O6. The molecule has 1 saturated heterocycles. The largest absolute Gasteiger partial charge is 0.508 e. The van der Waals surface area contributed by atoms with Gasteiger partial charge >= 0.3 is 6.16 Å². The summed E-state index contributed by atoms with van der Waals surface area (Å²) in [4.78, 5) is 22.0. The third-order valence-electron chi connectivity index (χ3n) is 4.63. The van der Waals surface area contributed by atoms with Crippen LogP contribution in [0.1, 0.15) is 32.6 Å². The van der Waals surface area contributed by atoms with Crippen LogP contribution in [0.2, 0.25) is 0 Å². The third kappa shape index (κ3) is 4.37. The molecule has 1 fully saturated rings. The first-order valence-electron chi connectivity index (χ1n) is 9.53. The fraction of sp³-hybridized carbons (Fsp3) is 0.579. The van der Waals surface area contributed by atoms with Gasteiger partial charge in [-0.15, -0.1) is 0 Å². The molecule has 0 amide bonds. The van der Waals surface area contributed by atoms with Crippen molar-refractivity contribution in [3.63, 3.8) is 0 Å². The molecule has 2 aromatic heterocycles. The molecule has 0 bridgehead atoms. The second-order valence-corrected chi connectivity index (χ2v) is 7.84. The van der Waals surface area contributed by atoms with Gasteiger partial charge in [0.25, 0.3) is 0 Å². The number of carbonyl (C=O) groups excluding carboxylic acids is 1. The Morgan fingerprint density at radius 1 is 1.43 bits per heavy atom. The van der Waals surface area contributed by atoms with Gasteiger partial charge in [0.1, 0.15) is 42.4 Å². The summed E-state index contributed by atoms with van der Waals surface area (Å²) >= 11 is 0. The van der Waals surface area contributed by atoms with Crippen LogP contribution in [0.4, 0.5) is 10.6 Å². The molecule has 11 nitrogen and oxygen atoms in total. The minimum Gasteiger partial charge on any atom is -0.432 e. The van der Waals surface area contributed by atoms with Crippen molar-refractivity contribution < 1.29 is 29.2 Å².